The van der Waals surface area contributed by atoms with E-state index in [-0.39, 0.29) is 18.3 Å². The van der Waals surface area contributed by atoms with Gasteiger partial charge in [0.1, 0.15) is 11.6 Å². The quantitative estimate of drug-likeness (QED) is 0.608. The van der Waals surface area contributed by atoms with Crippen molar-refractivity contribution in [1.82, 2.24) is 4.90 Å². The number of fused-ring (bicyclic) bond motifs is 1. The number of benzene rings is 1. The van der Waals surface area contributed by atoms with Gasteiger partial charge < -0.3 is 14.4 Å². The van der Waals surface area contributed by atoms with E-state index in [1.165, 1.54) is 0 Å². The molecule has 2 heterocycles. The van der Waals surface area contributed by atoms with E-state index < -0.39 is 0 Å². The maximum Gasteiger partial charge on any atom is 0.264 e. The Labute approximate surface area is 117 Å². The Balaban J connectivity index is 1.85. The van der Waals surface area contributed by atoms with Crippen molar-refractivity contribution in [2.75, 3.05) is 19.9 Å². The van der Waals surface area contributed by atoms with Gasteiger partial charge in [-0.05, 0) is 36.6 Å². The molecule has 0 spiro atoms. The van der Waals surface area contributed by atoms with E-state index in [4.69, 9.17) is 9.47 Å². The van der Waals surface area contributed by atoms with E-state index in [1.54, 1.807) is 23.1 Å². The fourth-order valence-corrected chi connectivity index (χ4v) is 2.40. The largest absolute Gasteiger partial charge is 0.454 e. The summed E-state index contributed by atoms with van der Waals surface area (Å²) in [6, 6.07) is 7.36. The lowest BCUT2D eigenvalue weighted by atomic mass is 10.1. The first-order chi connectivity index (χ1) is 9.78. The smallest absolute Gasteiger partial charge is 0.264 e. The Morgan fingerprint density at radius 3 is 2.75 bits per heavy atom. The van der Waals surface area contributed by atoms with E-state index in [2.05, 4.69) is 0 Å². The summed E-state index contributed by atoms with van der Waals surface area (Å²) in [7, 11) is 0. The number of ether oxygens (including phenoxy) is 2. The van der Waals surface area contributed by atoms with Crippen molar-refractivity contribution in [3.8, 4) is 17.6 Å². The van der Waals surface area contributed by atoms with Crippen LogP contribution in [0.2, 0.25) is 0 Å². The number of amides is 1. The molecule has 20 heavy (non-hydrogen) atoms. The Hall–Kier alpha value is -2.48. The average molecular weight is 270 g/mol. The molecule has 102 valence electrons. The number of carbonyl (C=O) groups excluding carboxylic acids is 1. The van der Waals surface area contributed by atoms with Crippen LogP contribution >= 0.6 is 0 Å². The summed E-state index contributed by atoms with van der Waals surface area (Å²) in [6.45, 7) is 1.68. The normalized spacial score (nSPS) is 17.1. The lowest BCUT2D eigenvalue weighted by Crippen LogP contribution is -2.28. The zero-order valence-electron chi connectivity index (χ0n) is 11.0. The summed E-state index contributed by atoms with van der Waals surface area (Å²) in [5, 5.41) is 9.19. The Bertz CT molecular complexity index is 610. The third-order valence-electron chi connectivity index (χ3n) is 3.45. The van der Waals surface area contributed by atoms with Crippen molar-refractivity contribution in [2.24, 2.45) is 0 Å². The molecule has 0 N–H and O–H groups in total. The van der Waals surface area contributed by atoms with Crippen LogP contribution in [0, 0.1) is 11.3 Å². The fourth-order valence-electron chi connectivity index (χ4n) is 2.40. The second-order valence-electron chi connectivity index (χ2n) is 4.78. The summed E-state index contributed by atoms with van der Waals surface area (Å²) < 4.78 is 10.5. The number of hydrogen-bond donors (Lipinski definition) is 0. The van der Waals surface area contributed by atoms with Crippen LogP contribution < -0.4 is 9.47 Å². The van der Waals surface area contributed by atoms with Gasteiger partial charge in [-0.1, -0.05) is 6.07 Å². The van der Waals surface area contributed by atoms with Gasteiger partial charge in [0.05, 0.1) is 0 Å². The SMILES string of the molecule is N#C/C(=C\c1ccc2c(c1)OCO2)C(=O)N1CCCC1. The van der Waals surface area contributed by atoms with E-state index in [9.17, 15) is 10.1 Å². The molecule has 2 aliphatic heterocycles. The molecule has 0 unspecified atom stereocenters. The molecule has 0 bridgehead atoms. The highest BCUT2D eigenvalue weighted by Crippen LogP contribution is 2.33. The standard InChI is InChI=1S/C15H14N2O3/c16-9-12(15(18)17-5-1-2-6-17)7-11-3-4-13-14(8-11)20-10-19-13/h3-4,7-8H,1-2,5-6,10H2/b12-7+. The van der Waals surface area contributed by atoms with Gasteiger partial charge in [0.25, 0.3) is 5.91 Å². The van der Waals surface area contributed by atoms with Gasteiger partial charge in [-0.3, -0.25) is 4.79 Å². The van der Waals surface area contributed by atoms with Crippen LogP contribution in [-0.2, 0) is 4.79 Å². The van der Waals surface area contributed by atoms with E-state index in [1.807, 2.05) is 12.1 Å². The zero-order valence-corrected chi connectivity index (χ0v) is 11.0. The third kappa shape index (κ3) is 2.32. The maximum absolute atomic E-state index is 12.2. The van der Waals surface area contributed by atoms with Crippen molar-refractivity contribution in [2.45, 2.75) is 12.8 Å². The van der Waals surface area contributed by atoms with Gasteiger partial charge in [0.15, 0.2) is 11.5 Å². The molecule has 1 saturated heterocycles. The van der Waals surface area contributed by atoms with Gasteiger partial charge in [0, 0.05) is 13.1 Å². The van der Waals surface area contributed by atoms with Crippen LogP contribution in [-0.4, -0.2) is 30.7 Å². The van der Waals surface area contributed by atoms with Crippen LogP contribution in [0.4, 0.5) is 0 Å². The number of nitrogens with zero attached hydrogens (tertiary/aromatic N) is 2. The molecule has 0 aromatic heterocycles. The van der Waals surface area contributed by atoms with Crippen LogP contribution in [0.5, 0.6) is 11.5 Å². The van der Waals surface area contributed by atoms with Crippen molar-refractivity contribution in [1.29, 1.82) is 5.26 Å². The Morgan fingerprint density at radius 2 is 2.00 bits per heavy atom. The summed E-state index contributed by atoms with van der Waals surface area (Å²) in [5.74, 6) is 1.14. The lowest BCUT2D eigenvalue weighted by molar-refractivity contribution is -0.125. The van der Waals surface area contributed by atoms with Gasteiger partial charge in [-0.15, -0.1) is 0 Å². The molecular formula is C15H14N2O3. The minimum atomic E-state index is -0.192. The first-order valence-electron chi connectivity index (χ1n) is 6.58. The lowest BCUT2D eigenvalue weighted by Gasteiger charge is -2.14. The van der Waals surface area contributed by atoms with E-state index in [0.717, 1.165) is 31.5 Å². The molecule has 0 radical (unpaired) electrons. The predicted octanol–water partition coefficient (Wildman–Crippen LogP) is 1.94. The first kappa shape index (κ1) is 12.5. The molecular weight excluding hydrogens is 256 g/mol. The highest BCUT2D eigenvalue weighted by molar-refractivity contribution is 6.01. The zero-order chi connectivity index (χ0) is 13.9. The average Bonchev–Trinajstić information content (AvgIpc) is 3.14. The summed E-state index contributed by atoms with van der Waals surface area (Å²) in [5.41, 5.74) is 0.920. The molecule has 5 nitrogen and oxygen atoms in total. The summed E-state index contributed by atoms with van der Waals surface area (Å²) in [4.78, 5) is 13.9. The van der Waals surface area contributed by atoms with Gasteiger partial charge in [0.2, 0.25) is 6.79 Å². The predicted molar refractivity (Wildman–Crippen MR) is 72.0 cm³/mol. The number of likely N-dealkylation sites (tertiary alicyclic amines) is 1. The van der Waals surface area contributed by atoms with Crippen molar-refractivity contribution in [3.05, 3.63) is 29.3 Å². The Kier molecular flexibility index (Phi) is 3.30. The van der Waals surface area contributed by atoms with Gasteiger partial charge in [-0.2, -0.15) is 5.26 Å². The topological polar surface area (TPSA) is 62.6 Å². The molecule has 1 fully saturated rings. The summed E-state index contributed by atoms with van der Waals surface area (Å²) >= 11 is 0. The molecule has 0 saturated carbocycles. The van der Waals surface area contributed by atoms with Gasteiger partial charge in [-0.25, -0.2) is 0 Å². The van der Waals surface area contributed by atoms with Crippen LogP contribution in [0.15, 0.2) is 23.8 Å². The van der Waals surface area contributed by atoms with Crippen LogP contribution in [0.1, 0.15) is 18.4 Å². The van der Waals surface area contributed by atoms with Crippen LogP contribution in [0.25, 0.3) is 6.08 Å². The second-order valence-corrected chi connectivity index (χ2v) is 4.78. The highest BCUT2D eigenvalue weighted by atomic mass is 16.7. The molecule has 1 aromatic rings. The molecule has 0 aliphatic carbocycles. The molecule has 2 aliphatic rings. The minimum Gasteiger partial charge on any atom is -0.454 e. The highest BCUT2D eigenvalue weighted by Gasteiger charge is 2.21. The molecule has 3 rings (SSSR count). The number of hydrogen-bond acceptors (Lipinski definition) is 4. The van der Waals surface area contributed by atoms with E-state index >= 15 is 0 Å². The first-order valence-corrected chi connectivity index (χ1v) is 6.58. The molecule has 1 aromatic carbocycles. The Morgan fingerprint density at radius 1 is 1.25 bits per heavy atom. The third-order valence-corrected chi connectivity index (χ3v) is 3.45. The second kappa shape index (κ2) is 5.25. The summed E-state index contributed by atoms with van der Waals surface area (Å²) in [6.07, 6.45) is 3.62. The fraction of sp³-hybridized carbons (Fsp3) is 0.333. The minimum absolute atomic E-state index is 0.158. The number of rotatable bonds is 2. The van der Waals surface area contributed by atoms with Crippen LogP contribution in [0.3, 0.4) is 0 Å². The van der Waals surface area contributed by atoms with E-state index in [0.29, 0.717) is 11.5 Å². The van der Waals surface area contributed by atoms with Crippen molar-refractivity contribution < 1.29 is 14.3 Å². The molecule has 0 atom stereocenters. The number of nitriles is 1. The molecule has 1 amide bonds. The van der Waals surface area contributed by atoms with Crippen molar-refractivity contribution >= 4 is 12.0 Å². The maximum atomic E-state index is 12.2. The van der Waals surface area contributed by atoms with Crippen molar-refractivity contribution in [3.63, 3.8) is 0 Å². The monoisotopic (exact) mass is 270 g/mol. The molecule has 5 heteroatoms. The van der Waals surface area contributed by atoms with Gasteiger partial charge >= 0.3 is 0 Å². The number of carbonyl (C=O) groups is 1.